The maximum atomic E-state index is 13.2. The van der Waals surface area contributed by atoms with E-state index in [2.05, 4.69) is 95.0 Å². The lowest BCUT2D eigenvalue weighted by atomic mass is 9.71. The van der Waals surface area contributed by atoms with E-state index in [4.69, 9.17) is 4.74 Å². The summed E-state index contributed by atoms with van der Waals surface area (Å²) in [5.74, 6) is 0.754. The Morgan fingerprint density at radius 3 is 2.09 bits per heavy atom. The molecule has 2 aromatic rings. The van der Waals surface area contributed by atoms with Crippen molar-refractivity contribution in [1.82, 2.24) is 0 Å². The number of esters is 1. The molecule has 0 aliphatic heterocycles. The second-order valence-corrected chi connectivity index (χ2v) is 10.5. The van der Waals surface area contributed by atoms with Crippen LogP contribution >= 0.6 is 0 Å². The third-order valence-electron chi connectivity index (χ3n) is 7.45. The van der Waals surface area contributed by atoms with Gasteiger partial charge < -0.3 is 4.74 Å². The van der Waals surface area contributed by atoms with Gasteiger partial charge in [-0.2, -0.15) is 0 Å². The first-order chi connectivity index (χ1) is 16.7. The molecule has 0 N–H and O–H groups in total. The van der Waals surface area contributed by atoms with Gasteiger partial charge in [-0.1, -0.05) is 101 Å². The van der Waals surface area contributed by atoms with Crippen LogP contribution in [-0.4, -0.2) is 12.6 Å². The van der Waals surface area contributed by atoms with Gasteiger partial charge in [0.1, 0.15) is 0 Å². The molecule has 2 aliphatic carbocycles. The number of fused-ring (bicyclic) bond motifs is 1. The number of carbonyl (C=O) groups excluding carboxylic acids is 1. The Morgan fingerprint density at radius 2 is 1.54 bits per heavy atom. The molecule has 35 heavy (non-hydrogen) atoms. The smallest absolute Gasteiger partial charge is 0.334 e. The molecule has 0 saturated heterocycles. The topological polar surface area (TPSA) is 26.3 Å². The predicted molar refractivity (Wildman–Crippen MR) is 146 cm³/mol. The number of benzene rings is 2. The Balaban J connectivity index is 1.75. The fourth-order valence-corrected chi connectivity index (χ4v) is 5.46. The lowest BCUT2D eigenvalue weighted by Crippen LogP contribution is -2.25. The highest BCUT2D eigenvalue weighted by Gasteiger charge is 2.42. The Hall–Kier alpha value is -3.13. The lowest BCUT2D eigenvalue weighted by Gasteiger charge is -2.32. The Morgan fingerprint density at radius 1 is 0.971 bits per heavy atom. The van der Waals surface area contributed by atoms with Crippen molar-refractivity contribution in [2.45, 2.75) is 65.7 Å². The number of allylic oxidation sites excluding steroid dienone is 5. The molecule has 2 atom stereocenters. The average molecular weight is 467 g/mol. The summed E-state index contributed by atoms with van der Waals surface area (Å²) in [6.07, 6.45) is 5.33. The summed E-state index contributed by atoms with van der Waals surface area (Å²) in [4.78, 5) is 13.2. The van der Waals surface area contributed by atoms with E-state index in [1.54, 1.807) is 0 Å². The van der Waals surface area contributed by atoms with Crippen LogP contribution in [0.1, 0.15) is 88.0 Å². The van der Waals surface area contributed by atoms with E-state index in [0.717, 1.165) is 28.7 Å². The summed E-state index contributed by atoms with van der Waals surface area (Å²) >= 11 is 0. The summed E-state index contributed by atoms with van der Waals surface area (Å²) in [5, 5.41) is 0. The van der Waals surface area contributed by atoms with Gasteiger partial charge >= 0.3 is 5.97 Å². The maximum Gasteiger partial charge on any atom is 0.334 e. The van der Waals surface area contributed by atoms with E-state index in [1.165, 1.54) is 27.8 Å². The van der Waals surface area contributed by atoms with Gasteiger partial charge in [-0.15, -0.1) is 0 Å². The summed E-state index contributed by atoms with van der Waals surface area (Å²) in [7, 11) is 0. The monoisotopic (exact) mass is 466 g/mol. The first-order valence-electron chi connectivity index (χ1n) is 12.9. The molecule has 0 spiro atoms. The SMILES string of the molecule is C=C1/C(=C\c2ccc(C(C)C)cc2)CC2=CC(C)=C(C(=O)OCC)C(c3ccc(C(C)C)cc3)C12. The zero-order chi connectivity index (χ0) is 25.3. The normalized spacial score (nSPS) is 21.1. The van der Waals surface area contributed by atoms with Gasteiger partial charge in [0.25, 0.3) is 0 Å². The second kappa shape index (κ2) is 10.2. The molecule has 1 fully saturated rings. The van der Waals surface area contributed by atoms with Crippen molar-refractivity contribution in [2.75, 3.05) is 6.61 Å². The number of carbonyl (C=O) groups is 1. The maximum absolute atomic E-state index is 13.2. The van der Waals surface area contributed by atoms with Gasteiger partial charge in [0, 0.05) is 17.4 Å². The fraction of sp³-hybridized carbons (Fsp3) is 0.364. The van der Waals surface area contributed by atoms with Crippen LogP contribution in [0.4, 0.5) is 0 Å². The zero-order valence-electron chi connectivity index (χ0n) is 22.0. The molecule has 2 heteroatoms. The molecule has 0 bridgehead atoms. The van der Waals surface area contributed by atoms with Gasteiger partial charge in [0.15, 0.2) is 0 Å². The first-order valence-corrected chi connectivity index (χ1v) is 12.9. The standard InChI is InChI=1S/C33H38O2/c1-8-35-33(34)30-22(6)17-29-19-28(18-24-9-11-25(12-10-24)20(2)3)23(7)31(29)32(30)27-15-13-26(14-16-27)21(4)5/h9-18,20-21,31-32H,7-8,19H2,1-6H3/b28-18-. The molecule has 0 aromatic heterocycles. The highest BCUT2D eigenvalue weighted by Crippen LogP contribution is 2.53. The minimum Gasteiger partial charge on any atom is -0.463 e. The van der Waals surface area contributed by atoms with Crippen LogP contribution in [0.25, 0.3) is 6.08 Å². The van der Waals surface area contributed by atoms with Crippen LogP contribution in [0.5, 0.6) is 0 Å². The lowest BCUT2D eigenvalue weighted by molar-refractivity contribution is -0.139. The van der Waals surface area contributed by atoms with Crippen molar-refractivity contribution in [1.29, 1.82) is 0 Å². The Kier molecular flexibility index (Phi) is 7.31. The molecule has 0 amide bonds. The quantitative estimate of drug-likeness (QED) is 0.399. The summed E-state index contributed by atoms with van der Waals surface area (Å²) in [6.45, 7) is 17.7. The highest BCUT2D eigenvalue weighted by atomic mass is 16.5. The van der Waals surface area contributed by atoms with Crippen molar-refractivity contribution < 1.29 is 9.53 Å². The molecule has 2 aliphatic rings. The van der Waals surface area contributed by atoms with Crippen molar-refractivity contribution in [3.63, 3.8) is 0 Å². The van der Waals surface area contributed by atoms with Crippen molar-refractivity contribution >= 4 is 12.0 Å². The minimum atomic E-state index is -0.215. The number of ether oxygens (including phenoxy) is 1. The van der Waals surface area contributed by atoms with Crippen LogP contribution in [0.15, 0.2) is 89.1 Å². The van der Waals surface area contributed by atoms with Crippen LogP contribution in [-0.2, 0) is 9.53 Å². The largest absolute Gasteiger partial charge is 0.463 e. The van der Waals surface area contributed by atoms with Gasteiger partial charge in [0.05, 0.1) is 6.61 Å². The number of rotatable bonds is 6. The molecule has 0 radical (unpaired) electrons. The van der Waals surface area contributed by atoms with Crippen molar-refractivity contribution in [3.8, 4) is 0 Å². The van der Waals surface area contributed by atoms with E-state index < -0.39 is 0 Å². The third-order valence-corrected chi connectivity index (χ3v) is 7.45. The van der Waals surface area contributed by atoms with E-state index in [-0.39, 0.29) is 17.8 Å². The molecule has 2 unspecified atom stereocenters. The second-order valence-electron chi connectivity index (χ2n) is 10.5. The molecule has 2 aromatic carbocycles. The van der Waals surface area contributed by atoms with Gasteiger partial charge in [0.2, 0.25) is 0 Å². The molecular formula is C33H38O2. The molecule has 2 nitrogen and oxygen atoms in total. The Labute approximate surface area is 211 Å². The number of hydrogen-bond acceptors (Lipinski definition) is 2. The van der Waals surface area contributed by atoms with Gasteiger partial charge in [-0.05, 0) is 71.1 Å². The molecule has 182 valence electrons. The predicted octanol–water partition coefficient (Wildman–Crippen LogP) is 8.50. The summed E-state index contributed by atoms with van der Waals surface area (Å²) < 4.78 is 5.53. The first kappa shape index (κ1) is 25.0. The minimum absolute atomic E-state index is 0.0733. The zero-order valence-corrected chi connectivity index (χ0v) is 22.0. The van der Waals surface area contributed by atoms with Crippen LogP contribution in [0.3, 0.4) is 0 Å². The van der Waals surface area contributed by atoms with Crippen LogP contribution < -0.4 is 0 Å². The van der Waals surface area contributed by atoms with Gasteiger partial charge in [-0.25, -0.2) is 4.79 Å². The van der Waals surface area contributed by atoms with E-state index in [1.807, 2.05) is 13.8 Å². The summed E-state index contributed by atoms with van der Waals surface area (Å²) in [6, 6.07) is 17.6. The highest BCUT2D eigenvalue weighted by molar-refractivity contribution is 5.93. The van der Waals surface area contributed by atoms with E-state index in [0.29, 0.717) is 18.4 Å². The van der Waals surface area contributed by atoms with Crippen molar-refractivity contribution in [2.24, 2.45) is 5.92 Å². The Bertz CT molecular complexity index is 1200. The molecular weight excluding hydrogens is 428 g/mol. The van der Waals surface area contributed by atoms with Crippen LogP contribution in [0, 0.1) is 5.92 Å². The van der Waals surface area contributed by atoms with E-state index in [9.17, 15) is 4.79 Å². The van der Waals surface area contributed by atoms with Gasteiger partial charge in [-0.3, -0.25) is 0 Å². The molecule has 0 heterocycles. The van der Waals surface area contributed by atoms with Crippen LogP contribution in [0.2, 0.25) is 0 Å². The number of hydrogen-bond donors (Lipinski definition) is 0. The molecule has 4 rings (SSSR count). The van der Waals surface area contributed by atoms with Crippen molar-refractivity contribution in [3.05, 3.63) is 111 Å². The molecule has 1 saturated carbocycles. The fourth-order valence-electron chi connectivity index (χ4n) is 5.46. The third kappa shape index (κ3) is 4.98. The van der Waals surface area contributed by atoms with E-state index >= 15 is 0 Å². The summed E-state index contributed by atoms with van der Waals surface area (Å²) in [5.41, 5.74) is 10.4. The average Bonchev–Trinajstić information content (AvgIpc) is 3.13.